The van der Waals surface area contributed by atoms with Gasteiger partial charge in [0, 0.05) is 5.39 Å². The van der Waals surface area contributed by atoms with Gasteiger partial charge in [-0.05, 0) is 50.4 Å². The summed E-state index contributed by atoms with van der Waals surface area (Å²) in [5.41, 5.74) is 3.55. The number of rotatable bonds is 5. The number of furan rings is 1. The van der Waals surface area contributed by atoms with Crippen molar-refractivity contribution in [1.29, 1.82) is 0 Å². The summed E-state index contributed by atoms with van der Waals surface area (Å²) in [4.78, 5) is 0. The Morgan fingerprint density at radius 3 is 2.50 bits per heavy atom. The number of fused-ring (bicyclic) bond motifs is 1. The van der Waals surface area contributed by atoms with E-state index in [9.17, 15) is 0 Å². The van der Waals surface area contributed by atoms with Crippen molar-refractivity contribution in [3.8, 4) is 0 Å². The van der Waals surface area contributed by atoms with E-state index in [1.165, 1.54) is 16.5 Å². The third kappa shape index (κ3) is 2.44. The summed E-state index contributed by atoms with van der Waals surface area (Å²) in [6.07, 6.45) is 2.20. The molecule has 0 aliphatic rings. The predicted octanol–water partition coefficient (Wildman–Crippen LogP) is 4.50. The smallest absolute Gasteiger partial charge is 0.137 e. The molecular formula is C16H23NO. The number of aryl methyl sites for hydroxylation is 2. The van der Waals surface area contributed by atoms with E-state index in [1.54, 1.807) is 0 Å². The van der Waals surface area contributed by atoms with Crippen molar-refractivity contribution < 1.29 is 4.42 Å². The fourth-order valence-electron chi connectivity index (χ4n) is 2.35. The molecule has 2 aromatic rings. The summed E-state index contributed by atoms with van der Waals surface area (Å²) in [6, 6.07) is 6.83. The molecule has 1 aromatic carbocycles. The van der Waals surface area contributed by atoms with Gasteiger partial charge in [-0.25, -0.2) is 0 Å². The highest BCUT2D eigenvalue weighted by atomic mass is 16.3. The summed E-state index contributed by atoms with van der Waals surface area (Å²) in [5, 5.41) is 4.79. The van der Waals surface area contributed by atoms with Gasteiger partial charge < -0.3 is 9.73 Å². The summed E-state index contributed by atoms with van der Waals surface area (Å²) in [5.74, 6) is 1.07. The predicted molar refractivity (Wildman–Crippen MR) is 77.0 cm³/mol. The zero-order chi connectivity index (χ0) is 13.1. The van der Waals surface area contributed by atoms with Crippen LogP contribution in [0.3, 0.4) is 0 Å². The molecule has 1 unspecified atom stereocenters. The van der Waals surface area contributed by atoms with Crippen LogP contribution in [0.2, 0.25) is 0 Å². The largest absolute Gasteiger partial charge is 0.459 e. The first kappa shape index (κ1) is 13.2. The third-order valence-electron chi connectivity index (χ3n) is 3.51. The second-order valence-electron chi connectivity index (χ2n) is 5.01. The maximum absolute atomic E-state index is 6.07. The minimum atomic E-state index is 0.330. The normalized spacial score (nSPS) is 13.1. The Morgan fingerprint density at radius 2 is 1.89 bits per heavy atom. The zero-order valence-corrected chi connectivity index (χ0v) is 11.8. The Bertz CT molecular complexity index is 488. The first-order valence-electron chi connectivity index (χ1n) is 6.90. The van der Waals surface area contributed by atoms with Gasteiger partial charge in [0.05, 0.1) is 6.04 Å². The van der Waals surface area contributed by atoms with Crippen LogP contribution in [0.1, 0.15) is 49.6 Å². The lowest BCUT2D eigenvalue weighted by Crippen LogP contribution is -2.20. The first-order valence-corrected chi connectivity index (χ1v) is 6.90. The van der Waals surface area contributed by atoms with E-state index in [0.717, 1.165) is 30.7 Å². The quantitative estimate of drug-likeness (QED) is 0.839. The number of hydrogen-bond acceptors (Lipinski definition) is 2. The van der Waals surface area contributed by atoms with Gasteiger partial charge in [0.15, 0.2) is 0 Å². The van der Waals surface area contributed by atoms with Crippen molar-refractivity contribution in [3.63, 3.8) is 0 Å². The molecule has 0 spiro atoms. The van der Waals surface area contributed by atoms with Crippen LogP contribution in [0.25, 0.3) is 11.0 Å². The second kappa shape index (κ2) is 5.57. The van der Waals surface area contributed by atoms with Gasteiger partial charge in [0.1, 0.15) is 11.3 Å². The van der Waals surface area contributed by atoms with Gasteiger partial charge in [-0.2, -0.15) is 0 Å². The molecule has 2 heteroatoms. The van der Waals surface area contributed by atoms with E-state index in [1.807, 2.05) is 0 Å². The van der Waals surface area contributed by atoms with E-state index < -0.39 is 0 Å². The SMILES string of the molecule is CCCNC(CC)c1cc2c(C)ccc(C)c2o1. The topological polar surface area (TPSA) is 25.2 Å². The molecule has 0 fully saturated rings. The van der Waals surface area contributed by atoms with Crippen molar-refractivity contribution in [1.82, 2.24) is 5.32 Å². The van der Waals surface area contributed by atoms with Gasteiger partial charge in [-0.15, -0.1) is 0 Å². The molecule has 2 nitrogen and oxygen atoms in total. The molecule has 0 bridgehead atoms. The molecule has 0 amide bonds. The van der Waals surface area contributed by atoms with Crippen LogP contribution in [-0.2, 0) is 0 Å². The van der Waals surface area contributed by atoms with Crippen molar-refractivity contribution in [2.24, 2.45) is 0 Å². The van der Waals surface area contributed by atoms with Gasteiger partial charge >= 0.3 is 0 Å². The second-order valence-corrected chi connectivity index (χ2v) is 5.01. The van der Waals surface area contributed by atoms with E-state index in [0.29, 0.717) is 6.04 Å². The molecule has 1 atom stereocenters. The van der Waals surface area contributed by atoms with Crippen LogP contribution in [0, 0.1) is 13.8 Å². The van der Waals surface area contributed by atoms with Crippen molar-refractivity contribution in [3.05, 3.63) is 35.1 Å². The summed E-state index contributed by atoms with van der Waals surface area (Å²) < 4.78 is 6.07. The van der Waals surface area contributed by atoms with Crippen LogP contribution < -0.4 is 5.32 Å². The van der Waals surface area contributed by atoms with Gasteiger partial charge in [-0.1, -0.05) is 26.0 Å². The Hall–Kier alpha value is -1.28. The molecule has 1 aromatic heterocycles. The monoisotopic (exact) mass is 245 g/mol. The van der Waals surface area contributed by atoms with E-state index in [-0.39, 0.29) is 0 Å². The Morgan fingerprint density at radius 1 is 1.17 bits per heavy atom. The van der Waals surface area contributed by atoms with Crippen LogP contribution in [0.5, 0.6) is 0 Å². The van der Waals surface area contributed by atoms with Crippen LogP contribution in [-0.4, -0.2) is 6.54 Å². The first-order chi connectivity index (χ1) is 8.67. The Balaban J connectivity index is 2.39. The van der Waals surface area contributed by atoms with Crippen molar-refractivity contribution in [2.45, 2.75) is 46.6 Å². The molecule has 0 radical (unpaired) electrons. The van der Waals surface area contributed by atoms with E-state index in [2.05, 4.69) is 51.2 Å². The van der Waals surface area contributed by atoms with Gasteiger partial charge in [-0.3, -0.25) is 0 Å². The van der Waals surface area contributed by atoms with E-state index >= 15 is 0 Å². The highest BCUT2D eigenvalue weighted by Crippen LogP contribution is 2.29. The van der Waals surface area contributed by atoms with Crippen LogP contribution >= 0.6 is 0 Å². The lowest BCUT2D eigenvalue weighted by Gasteiger charge is -2.13. The molecular weight excluding hydrogens is 222 g/mol. The number of nitrogens with one attached hydrogen (secondary N) is 1. The fraction of sp³-hybridized carbons (Fsp3) is 0.500. The number of hydrogen-bond donors (Lipinski definition) is 1. The summed E-state index contributed by atoms with van der Waals surface area (Å²) >= 11 is 0. The molecule has 1 N–H and O–H groups in total. The highest BCUT2D eigenvalue weighted by Gasteiger charge is 2.15. The Labute approximate surface area is 109 Å². The summed E-state index contributed by atoms with van der Waals surface area (Å²) in [7, 11) is 0. The standard InChI is InChI=1S/C16H23NO/c1-5-9-17-14(6-2)15-10-13-11(3)7-8-12(4)16(13)18-15/h7-8,10,14,17H,5-6,9H2,1-4H3. The molecule has 0 aliphatic carbocycles. The molecule has 0 saturated heterocycles. The Kier molecular flexibility index (Phi) is 4.07. The zero-order valence-electron chi connectivity index (χ0n) is 11.8. The third-order valence-corrected chi connectivity index (χ3v) is 3.51. The van der Waals surface area contributed by atoms with Crippen molar-refractivity contribution in [2.75, 3.05) is 6.54 Å². The van der Waals surface area contributed by atoms with Crippen molar-refractivity contribution >= 4 is 11.0 Å². The molecule has 2 rings (SSSR count). The molecule has 98 valence electrons. The van der Waals surface area contributed by atoms with Gasteiger partial charge in [0.25, 0.3) is 0 Å². The minimum absolute atomic E-state index is 0.330. The van der Waals surface area contributed by atoms with Crippen LogP contribution in [0.4, 0.5) is 0 Å². The average molecular weight is 245 g/mol. The van der Waals surface area contributed by atoms with Gasteiger partial charge in [0.2, 0.25) is 0 Å². The highest BCUT2D eigenvalue weighted by molar-refractivity contribution is 5.84. The molecule has 0 aliphatic heterocycles. The van der Waals surface area contributed by atoms with E-state index in [4.69, 9.17) is 4.42 Å². The average Bonchev–Trinajstić information content (AvgIpc) is 2.81. The lowest BCUT2D eigenvalue weighted by atomic mass is 10.1. The molecule has 1 heterocycles. The molecule has 18 heavy (non-hydrogen) atoms. The summed E-state index contributed by atoms with van der Waals surface area (Å²) in [6.45, 7) is 9.66. The minimum Gasteiger partial charge on any atom is -0.459 e. The molecule has 0 saturated carbocycles. The maximum atomic E-state index is 6.07. The lowest BCUT2D eigenvalue weighted by molar-refractivity contribution is 0.420. The van der Waals surface area contributed by atoms with Crippen LogP contribution in [0.15, 0.2) is 22.6 Å². The fourth-order valence-corrected chi connectivity index (χ4v) is 2.35. The number of benzene rings is 1. The maximum Gasteiger partial charge on any atom is 0.137 e.